The van der Waals surface area contributed by atoms with E-state index in [1.807, 2.05) is 66.1 Å². The molecule has 3 aliphatic rings. The lowest BCUT2D eigenvalue weighted by atomic mass is 9.91. The van der Waals surface area contributed by atoms with Gasteiger partial charge in [-0.15, -0.1) is 21.5 Å². The summed E-state index contributed by atoms with van der Waals surface area (Å²) in [6, 6.07) is 24.6. The highest BCUT2D eigenvalue weighted by Gasteiger charge is 2.33. The van der Waals surface area contributed by atoms with E-state index < -0.39 is 0 Å². The molecule has 3 aliphatic heterocycles. The lowest BCUT2D eigenvalue weighted by molar-refractivity contribution is -0.118. The Balaban J connectivity index is 0.884. The van der Waals surface area contributed by atoms with Crippen molar-refractivity contribution in [2.45, 2.75) is 79.2 Å². The Bertz CT molecular complexity index is 2490. The Hall–Kier alpha value is -5.88. The SMILES string of the molecule is CCC(=O)N1c2ccccc2[C@H](Nc2ccc(-c3cn4c(n3)CN(C(=O)c3ccc(C5=NCc6nnc(C)n6-c6sc(C)c(C)c65)cc3)CC4)cc2)C[C@@H]1C. The second-order valence-corrected chi connectivity index (χ2v) is 15.9. The number of benzene rings is 3. The Labute approximate surface area is 324 Å². The Morgan fingerprint density at radius 2 is 1.67 bits per heavy atom. The van der Waals surface area contributed by atoms with Gasteiger partial charge in [0, 0.05) is 70.3 Å². The van der Waals surface area contributed by atoms with E-state index in [4.69, 9.17) is 9.98 Å². The van der Waals surface area contributed by atoms with Crippen molar-refractivity contribution in [2.75, 3.05) is 16.8 Å². The number of aryl methyl sites for hydroxylation is 2. The summed E-state index contributed by atoms with van der Waals surface area (Å²) < 4.78 is 4.28. The molecule has 0 unspecified atom stereocenters. The van der Waals surface area contributed by atoms with Crippen molar-refractivity contribution in [3.8, 4) is 16.3 Å². The molecule has 1 N–H and O–H groups in total. The zero-order valence-corrected chi connectivity index (χ0v) is 32.5. The second kappa shape index (κ2) is 13.8. The predicted octanol–water partition coefficient (Wildman–Crippen LogP) is 7.81. The maximum atomic E-state index is 13.8. The molecule has 3 aromatic carbocycles. The first kappa shape index (κ1) is 34.9. The smallest absolute Gasteiger partial charge is 0.254 e. The van der Waals surface area contributed by atoms with Crippen LogP contribution in [-0.2, 0) is 24.4 Å². The molecule has 6 aromatic rings. The quantitative estimate of drug-likeness (QED) is 0.186. The van der Waals surface area contributed by atoms with E-state index in [2.05, 4.69) is 81.9 Å². The first-order valence-electron chi connectivity index (χ1n) is 19.0. The van der Waals surface area contributed by atoms with Gasteiger partial charge < -0.3 is 19.7 Å². The standard InChI is InChI=1S/C43H43N9O2S/c1-6-39(53)51-25(2)21-34(33-9-7-8-10-36(33)51)45-32-17-15-29(16-18-32)35-23-49-19-20-50(24-38(49)46-35)42(54)31-13-11-30(12-14-31)41-40-26(3)27(4)55-43(40)52-28(5)47-48-37(52)22-44-41/h7-18,23,25,34,45H,6,19-22,24H2,1-5H3/t25-,34+/m0/s1. The van der Waals surface area contributed by atoms with Crippen molar-refractivity contribution in [1.82, 2.24) is 29.2 Å². The number of anilines is 2. The summed E-state index contributed by atoms with van der Waals surface area (Å²) in [6.45, 7) is 12.5. The van der Waals surface area contributed by atoms with Crippen molar-refractivity contribution in [1.29, 1.82) is 0 Å². The number of carbonyl (C=O) groups excluding carboxylic acids is 2. The van der Waals surface area contributed by atoms with Crippen molar-refractivity contribution >= 4 is 40.2 Å². The summed E-state index contributed by atoms with van der Waals surface area (Å²) in [5.74, 6) is 2.70. The summed E-state index contributed by atoms with van der Waals surface area (Å²) in [4.78, 5) is 41.7. The van der Waals surface area contributed by atoms with Crippen LogP contribution >= 0.6 is 11.3 Å². The zero-order chi connectivity index (χ0) is 38.0. The fourth-order valence-corrected chi connectivity index (χ4v) is 9.46. The van der Waals surface area contributed by atoms with Gasteiger partial charge in [-0.1, -0.05) is 49.4 Å². The van der Waals surface area contributed by atoms with Crippen LogP contribution < -0.4 is 10.2 Å². The van der Waals surface area contributed by atoms with Crippen molar-refractivity contribution in [2.24, 2.45) is 4.99 Å². The molecule has 278 valence electrons. The lowest BCUT2D eigenvalue weighted by Gasteiger charge is -2.40. The van der Waals surface area contributed by atoms with Gasteiger partial charge in [0.05, 0.1) is 24.0 Å². The van der Waals surface area contributed by atoms with Crippen LogP contribution in [-0.4, -0.2) is 59.3 Å². The van der Waals surface area contributed by atoms with Gasteiger partial charge in [-0.05, 0) is 75.6 Å². The normalized spacial score (nSPS) is 17.4. The van der Waals surface area contributed by atoms with Crippen molar-refractivity contribution in [3.63, 3.8) is 0 Å². The van der Waals surface area contributed by atoms with Crippen molar-refractivity contribution < 1.29 is 9.59 Å². The minimum Gasteiger partial charge on any atom is -0.378 e. The third-order valence-corrected chi connectivity index (χ3v) is 12.4. The van der Waals surface area contributed by atoms with Gasteiger partial charge >= 0.3 is 0 Å². The van der Waals surface area contributed by atoms with Crippen LogP contribution in [0.15, 0.2) is 84.0 Å². The molecule has 3 aromatic heterocycles. The minimum atomic E-state index is -0.00792. The first-order valence-corrected chi connectivity index (χ1v) is 19.8. The molecule has 9 rings (SSSR count). The highest BCUT2D eigenvalue weighted by Crippen LogP contribution is 2.40. The highest BCUT2D eigenvalue weighted by molar-refractivity contribution is 7.15. The Kier molecular flexibility index (Phi) is 8.72. The molecule has 2 atom stereocenters. The number of amides is 2. The van der Waals surface area contributed by atoms with Crippen LogP contribution in [0.3, 0.4) is 0 Å². The Morgan fingerprint density at radius 1 is 0.909 bits per heavy atom. The van der Waals surface area contributed by atoms with Crippen molar-refractivity contribution in [3.05, 3.63) is 129 Å². The number of hydrogen-bond acceptors (Lipinski definition) is 8. The number of carbonyl (C=O) groups is 2. The summed E-state index contributed by atoms with van der Waals surface area (Å²) in [5.41, 5.74) is 9.91. The van der Waals surface area contributed by atoms with E-state index in [0.29, 0.717) is 38.2 Å². The molecule has 0 radical (unpaired) electrons. The Morgan fingerprint density at radius 3 is 2.45 bits per heavy atom. The van der Waals surface area contributed by atoms with E-state index in [-0.39, 0.29) is 23.9 Å². The highest BCUT2D eigenvalue weighted by atomic mass is 32.1. The van der Waals surface area contributed by atoms with E-state index in [1.165, 1.54) is 10.4 Å². The average Bonchev–Trinajstić information content (AvgIpc) is 3.85. The molecular formula is C43H43N9O2S. The van der Waals surface area contributed by atoms with Crippen LogP contribution in [0.5, 0.6) is 0 Å². The minimum absolute atomic E-state index is 0.00792. The number of aromatic nitrogens is 5. The van der Waals surface area contributed by atoms with Gasteiger partial charge in [0.25, 0.3) is 5.91 Å². The molecule has 55 heavy (non-hydrogen) atoms. The number of hydrogen-bond donors (Lipinski definition) is 1. The maximum Gasteiger partial charge on any atom is 0.254 e. The van der Waals surface area contributed by atoms with Gasteiger partial charge in [-0.3, -0.25) is 19.1 Å². The van der Waals surface area contributed by atoms with E-state index in [1.54, 1.807) is 11.3 Å². The van der Waals surface area contributed by atoms with Gasteiger partial charge in [0.15, 0.2) is 5.82 Å². The number of thiophene rings is 1. The maximum absolute atomic E-state index is 13.8. The van der Waals surface area contributed by atoms with E-state index >= 15 is 0 Å². The number of fused-ring (bicyclic) bond motifs is 5. The van der Waals surface area contributed by atoms with E-state index in [9.17, 15) is 9.59 Å². The summed E-state index contributed by atoms with van der Waals surface area (Å²) in [5, 5.41) is 13.5. The van der Waals surface area contributed by atoms with Crippen LogP contribution in [0, 0.1) is 20.8 Å². The topological polar surface area (TPSA) is 114 Å². The number of nitrogens with one attached hydrogen (secondary N) is 1. The predicted molar refractivity (Wildman–Crippen MR) is 216 cm³/mol. The number of aliphatic imine (C=N–C) groups is 1. The average molecular weight is 750 g/mol. The monoisotopic (exact) mass is 749 g/mol. The third kappa shape index (κ3) is 6.05. The molecule has 0 aliphatic carbocycles. The molecule has 12 heteroatoms. The zero-order valence-electron chi connectivity index (χ0n) is 31.7. The second-order valence-electron chi connectivity index (χ2n) is 14.7. The fraction of sp³-hybridized carbons (Fsp3) is 0.302. The molecule has 0 bridgehead atoms. The van der Waals surface area contributed by atoms with Crippen LogP contribution in [0.4, 0.5) is 11.4 Å². The van der Waals surface area contributed by atoms with Gasteiger partial charge in [-0.2, -0.15) is 0 Å². The lowest BCUT2D eigenvalue weighted by Crippen LogP contribution is -2.44. The van der Waals surface area contributed by atoms with Gasteiger partial charge in [-0.25, -0.2) is 4.98 Å². The molecular weight excluding hydrogens is 707 g/mol. The molecule has 0 saturated heterocycles. The molecule has 0 saturated carbocycles. The van der Waals surface area contributed by atoms with Gasteiger partial charge in [0.2, 0.25) is 5.91 Å². The van der Waals surface area contributed by atoms with E-state index in [0.717, 1.165) is 73.9 Å². The fourth-order valence-electron chi connectivity index (χ4n) is 8.24. The number of nitrogens with zero attached hydrogens (tertiary/aromatic N) is 8. The third-order valence-electron chi connectivity index (χ3n) is 11.3. The van der Waals surface area contributed by atoms with Crippen LogP contribution in [0.1, 0.15) is 87.7 Å². The molecule has 11 nitrogen and oxygen atoms in total. The number of imidazole rings is 1. The largest absolute Gasteiger partial charge is 0.378 e. The van der Waals surface area contributed by atoms with Crippen LogP contribution in [0.2, 0.25) is 0 Å². The summed E-state index contributed by atoms with van der Waals surface area (Å²) in [7, 11) is 0. The summed E-state index contributed by atoms with van der Waals surface area (Å²) >= 11 is 1.74. The van der Waals surface area contributed by atoms with Crippen LogP contribution in [0.25, 0.3) is 16.3 Å². The number of rotatable bonds is 6. The molecule has 0 spiro atoms. The van der Waals surface area contributed by atoms with Gasteiger partial charge in [0.1, 0.15) is 23.2 Å². The molecule has 2 amide bonds. The summed E-state index contributed by atoms with van der Waals surface area (Å²) in [6.07, 6.45) is 3.40. The molecule has 6 heterocycles. The number of para-hydroxylation sites is 1. The molecule has 0 fully saturated rings. The first-order chi connectivity index (χ1) is 26.7.